The zero-order chi connectivity index (χ0) is 22.1. The molecule has 0 aliphatic heterocycles. The monoisotopic (exact) mass is 442 g/mol. The minimum atomic E-state index is -2.66. The Kier molecular flexibility index (Phi) is 5.43. The molecule has 0 saturated heterocycles. The van der Waals surface area contributed by atoms with Gasteiger partial charge in [-0.1, -0.05) is 54.6 Å². The van der Waals surface area contributed by atoms with E-state index in [9.17, 15) is 13.6 Å². The van der Waals surface area contributed by atoms with Crippen molar-refractivity contribution in [3.63, 3.8) is 0 Å². The zero-order valence-electron chi connectivity index (χ0n) is 17.1. The van der Waals surface area contributed by atoms with Crippen LogP contribution in [0.1, 0.15) is 33.9 Å². The number of amides is 1. The number of nitrogens with zero attached hydrogens (tertiary/aromatic N) is 2. The van der Waals surface area contributed by atoms with Crippen LogP contribution in [0.5, 0.6) is 0 Å². The van der Waals surface area contributed by atoms with Gasteiger partial charge in [-0.3, -0.25) is 18.3 Å². The summed E-state index contributed by atoms with van der Waals surface area (Å²) >= 11 is -2.66. The summed E-state index contributed by atoms with van der Waals surface area (Å²) in [5.41, 5.74) is 3.84. The topological polar surface area (TPSA) is 85.4 Å². The maximum Gasteiger partial charge on any atom is 0.253 e. The maximum atomic E-state index is 13.3. The van der Waals surface area contributed by atoms with Crippen molar-refractivity contribution in [1.29, 1.82) is 0 Å². The van der Waals surface area contributed by atoms with Crippen molar-refractivity contribution in [2.45, 2.75) is 18.9 Å². The quantitative estimate of drug-likeness (QED) is 0.458. The number of pyridine rings is 1. The zero-order valence-corrected chi connectivity index (χ0v) is 17.9. The van der Waals surface area contributed by atoms with Crippen molar-refractivity contribution in [1.82, 2.24) is 10.3 Å². The highest BCUT2D eigenvalue weighted by molar-refractivity contribution is 7.81. The first-order chi connectivity index (χ1) is 15.6. The first kappa shape index (κ1) is 20.4. The van der Waals surface area contributed by atoms with Gasteiger partial charge in [0.15, 0.2) is 0 Å². The van der Waals surface area contributed by atoms with Gasteiger partial charge in [-0.2, -0.15) is 0 Å². The Morgan fingerprint density at radius 1 is 0.969 bits per heavy atom. The van der Waals surface area contributed by atoms with Crippen LogP contribution in [0, 0.1) is 0 Å². The number of benzene rings is 3. The average molecular weight is 443 g/mol. The first-order valence-electron chi connectivity index (χ1n) is 10.3. The summed E-state index contributed by atoms with van der Waals surface area (Å²) in [5.74, 6) is -0.314. The third-order valence-electron chi connectivity index (χ3n) is 5.78. The summed E-state index contributed by atoms with van der Waals surface area (Å²) in [7, 11) is 0. The van der Waals surface area contributed by atoms with Crippen LogP contribution >= 0.6 is 0 Å². The fourth-order valence-electron chi connectivity index (χ4n) is 4.33. The van der Waals surface area contributed by atoms with Crippen molar-refractivity contribution in [2.24, 2.45) is 0 Å². The van der Waals surface area contributed by atoms with Gasteiger partial charge in [-0.05, 0) is 48.2 Å². The van der Waals surface area contributed by atoms with E-state index in [2.05, 4.69) is 16.4 Å². The Balaban J connectivity index is 1.54. The summed E-state index contributed by atoms with van der Waals surface area (Å²) < 4.78 is 25.9. The van der Waals surface area contributed by atoms with E-state index in [4.69, 9.17) is 0 Å². The normalized spacial score (nSPS) is 15.8. The molecule has 4 aromatic rings. The summed E-state index contributed by atoms with van der Waals surface area (Å²) in [4.78, 5) is 17.7. The van der Waals surface area contributed by atoms with Gasteiger partial charge >= 0.3 is 0 Å². The molecule has 7 heteroatoms. The van der Waals surface area contributed by atoms with Crippen LogP contribution < -0.4 is 9.62 Å². The van der Waals surface area contributed by atoms with Crippen molar-refractivity contribution in [2.75, 3.05) is 4.31 Å². The van der Waals surface area contributed by atoms with Crippen LogP contribution in [-0.4, -0.2) is 19.7 Å². The van der Waals surface area contributed by atoms with Crippen LogP contribution in [0.3, 0.4) is 0 Å². The molecule has 1 heterocycles. The molecule has 1 aromatic heterocycles. The van der Waals surface area contributed by atoms with E-state index in [0.29, 0.717) is 11.2 Å². The van der Waals surface area contributed by atoms with Crippen LogP contribution in [0.2, 0.25) is 0 Å². The van der Waals surface area contributed by atoms with Crippen molar-refractivity contribution in [3.8, 4) is 0 Å². The van der Waals surface area contributed by atoms with E-state index < -0.39 is 11.3 Å². The first-order valence-corrected chi connectivity index (χ1v) is 11.4. The number of aryl methyl sites for hydroxylation is 1. The number of fused-ring (bicyclic) bond motifs is 2. The molecular formula is C25H20N3O3S-. The van der Waals surface area contributed by atoms with E-state index in [1.54, 1.807) is 48.7 Å². The molecule has 0 bridgehead atoms. The van der Waals surface area contributed by atoms with Crippen molar-refractivity contribution in [3.05, 3.63) is 102 Å². The smallest absolute Gasteiger partial charge is 0.253 e. The Morgan fingerprint density at radius 2 is 1.72 bits per heavy atom. The summed E-state index contributed by atoms with van der Waals surface area (Å²) in [6.45, 7) is 0. The van der Waals surface area contributed by atoms with Crippen LogP contribution in [0.25, 0.3) is 10.9 Å². The molecule has 5 rings (SSSR count). The lowest BCUT2D eigenvalue weighted by atomic mass is 10.1. The van der Waals surface area contributed by atoms with E-state index >= 15 is 0 Å². The Hall–Kier alpha value is -3.55. The van der Waals surface area contributed by atoms with E-state index in [-0.39, 0.29) is 23.2 Å². The lowest BCUT2D eigenvalue weighted by Crippen LogP contribution is -2.30. The molecule has 1 N–H and O–H groups in total. The van der Waals surface area contributed by atoms with Gasteiger partial charge in [0.1, 0.15) is 0 Å². The molecule has 1 aliphatic carbocycles. The Morgan fingerprint density at radius 3 is 2.59 bits per heavy atom. The van der Waals surface area contributed by atoms with Gasteiger partial charge in [0.25, 0.3) is 5.91 Å². The molecule has 0 saturated carbocycles. The van der Waals surface area contributed by atoms with Crippen LogP contribution in [0.15, 0.2) is 85.1 Å². The summed E-state index contributed by atoms with van der Waals surface area (Å²) in [6, 6.07) is 23.7. The Bertz CT molecular complexity index is 1340. The molecule has 3 aromatic carbocycles. The highest BCUT2D eigenvalue weighted by Gasteiger charge is 2.26. The maximum absolute atomic E-state index is 13.3. The molecule has 1 amide bonds. The largest absolute Gasteiger partial charge is 0.755 e. The third-order valence-corrected chi connectivity index (χ3v) is 6.48. The third kappa shape index (κ3) is 3.66. The molecule has 6 nitrogen and oxygen atoms in total. The number of hydrogen-bond donors (Lipinski definition) is 1. The number of hydrogen-bond acceptors (Lipinski definition) is 4. The second-order valence-corrected chi connectivity index (χ2v) is 8.44. The molecule has 0 spiro atoms. The predicted octanol–water partition coefficient (Wildman–Crippen LogP) is 4.58. The second-order valence-electron chi connectivity index (χ2n) is 7.64. The van der Waals surface area contributed by atoms with Crippen molar-refractivity contribution >= 4 is 39.5 Å². The molecule has 0 radical (unpaired) electrons. The molecule has 1 aliphatic rings. The van der Waals surface area contributed by atoms with Crippen molar-refractivity contribution < 1.29 is 13.6 Å². The van der Waals surface area contributed by atoms with Crippen LogP contribution in [-0.2, 0) is 17.7 Å². The number of aromatic nitrogens is 1. The number of rotatable bonds is 5. The number of para-hydroxylation sites is 2. The molecule has 32 heavy (non-hydrogen) atoms. The van der Waals surface area contributed by atoms with Gasteiger partial charge in [0.2, 0.25) is 0 Å². The standard InChI is InChI=1S/C25H21N3O3S/c29-25(27-21-15-14-17-7-1-2-10-19(17)21)20-11-3-4-12-22(20)28(32(30)31)23-13-5-8-18-9-6-16-26-24(18)23/h1-13,16,21H,14-15H2,(H,27,29)(H,30,31)/p-1. The highest BCUT2D eigenvalue weighted by atomic mass is 32.2. The van der Waals surface area contributed by atoms with Gasteiger partial charge in [-0.15, -0.1) is 0 Å². The second kappa shape index (κ2) is 8.53. The van der Waals surface area contributed by atoms with Crippen LogP contribution in [0.4, 0.5) is 11.4 Å². The molecule has 0 fully saturated rings. The van der Waals surface area contributed by atoms with E-state index in [0.717, 1.165) is 28.1 Å². The van der Waals surface area contributed by atoms with Gasteiger partial charge in [0, 0.05) is 11.6 Å². The minimum Gasteiger partial charge on any atom is -0.755 e. The minimum absolute atomic E-state index is 0.0998. The Labute approximate surface area is 188 Å². The van der Waals surface area contributed by atoms with Gasteiger partial charge < -0.3 is 9.87 Å². The lowest BCUT2D eigenvalue weighted by molar-refractivity contribution is 0.0937. The van der Waals surface area contributed by atoms with Gasteiger partial charge in [-0.25, -0.2) is 0 Å². The number of anilines is 2. The van der Waals surface area contributed by atoms with E-state index in [1.165, 1.54) is 5.56 Å². The number of carbonyl (C=O) groups is 1. The lowest BCUT2D eigenvalue weighted by Gasteiger charge is -2.29. The summed E-state index contributed by atoms with van der Waals surface area (Å²) in [6.07, 6.45) is 3.34. The van der Waals surface area contributed by atoms with E-state index in [1.807, 2.05) is 30.3 Å². The number of carbonyl (C=O) groups excluding carboxylic acids is 1. The fourth-order valence-corrected chi connectivity index (χ4v) is 4.96. The highest BCUT2D eigenvalue weighted by Crippen LogP contribution is 2.35. The average Bonchev–Trinajstić information content (AvgIpc) is 3.22. The molecule has 160 valence electrons. The number of nitrogens with one attached hydrogen (secondary N) is 1. The van der Waals surface area contributed by atoms with Gasteiger partial charge in [0.05, 0.1) is 39.8 Å². The predicted molar refractivity (Wildman–Crippen MR) is 124 cm³/mol. The molecular weight excluding hydrogens is 422 g/mol. The molecule has 2 atom stereocenters. The summed E-state index contributed by atoms with van der Waals surface area (Å²) in [5, 5.41) is 3.90. The fraction of sp³-hybridized carbons (Fsp3) is 0.120. The SMILES string of the molecule is O=C(NC1CCc2ccccc21)c1ccccc1N(c1cccc2cccnc12)S(=O)[O-]. The molecule has 2 unspecified atom stereocenters.